The summed E-state index contributed by atoms with van der Waals surface area (Å²) in [7, 11) is 0. The lowest BCUT2D eigenvalue weighted by molar-refractivity contribution is -0.111. The van der Waals surface area contributed by atoms with Gasteiger partial charge in [0, 0.05) is 22.7 Å². The van der Waals surface area contributed by atoms with Crippen LogP contribution in [0.1, 0.15) is 16.7 Å². The summed E-state index contributed by atoms with van der Waals surface area (Å²) in [5.41, 5.74) is 3.66. The number of H-pyrrole nitrogens is 1. The third kappa shape index (κ3) is 3.29. The zero-order chi connectivity index (χ0) is 19.0. The number of hydrogen-bond donors (Lipinski definition) is 2. The van der Waals surface area contributed by atoms with Crippen LogP contribution in [0.3, 0.4) is 0 Å². The standard InChI is InChI=1S/C21H18N2O4/c1-12-13(2)21(25)23-17-10-15(5-6-16(12)17)22-20(24)8-4-14-3-7-18-19(9-14)27-11-26-18/h3-10H,11H2,1-2H3,(H,22,24)(H,23,25)/b8-4-. The van der Waals surface area contributed by atoms with Crippen molar-refractivity contribution in [2.75, 3.05) is 12.1 Å². The molecule has 2 aromatic carbocycles. The van der Waals surface area contributed by atoms with Crippen molar-refractivity contribution in [1.82, 2.24) is 4.98 Å². The number of aryl methyl sites for hydroxylation is 1. The van der Waals surface area contributed by atoms with E-state index in [1.165, 1.54) is 6.08 Å². The number of anilines is 1. The number of ether oxygens (including phenoxy) is 2. The van der Waals surface area contributed by atoms with Crippen LogP contribution < -0.4 is 20.3 Å². The Labute approximate surface area is 155 Å². The van der Waals surface area contributed by atoms with Crippen LogP contribution in [0.25, 0.3) is 17.0 Å². The van der Waals surface area contributed by atoms with Gasteiger partial charge in [0.1, 0.15) is 0 Å². The zero-order valence-corrected chi connectivity index (χ0v) is 15.0. The Hall–Kier alpha value is -3.54. The minimum Gasteiger partial charge on any atom is -0.454 e. The van der Waals surface area contributed by atoms with Crippen molar-refractivity contribution >= 4 is 28.6 Å². The van der Waals surface area contributed by atoms with Gasteiger partial charge in [-0.05, 0) is 55.3 Å². The summed E-state index contributed by atoms with van der Waals surface area (Å²) < 4.78 is 10.6. The summed E-state index contributed by atoms with van der Waals surface area (Å²) in [5, 5.41) is 3.77. The Bertz CT molecular complexity index is 1140. The Balaban J connectivity index is 1.52. The van der Waals surface area contributed by atoms with Crippen LogP contribution in [-0.2, 0) is 4.79 Å². The molecule has 6 nitrogen and oxygen atoms in total. The Morgan fingerprint density at radius 3 is 2.74 bits per heavy atom. The fourth-order valence-electron chi connectivity index (χ4n) is 3.01. The number of fused-ring (bicyclic) bond motifs is 2. The van der Waals surface area contributed by atoms with Gasteiger partial charge in [-0.25, -0.2) is 0 Å². The number of aromatic nitrogens is 1. The first-order chi connectivity index (χ1) is 13.0. The molecule has 0 bridgehead atoms. The normalized spacial score (nSPS) is 12.7. The molecule has 1 aliphatic heterocycles. The van der Waals surface area contributed by atoms with E-state index in [0.29, 0.717) is 28.3 Å². The first-order valence-corrected chi connectivity index (χ1v) is 8.53. The molecule has 27 heavy (non-hydrogen) atoms. The van der Waals surface area contributed by atoms with Gasteiger partial charge in [0.2, 0.25) is 12.7 Å². The number of rotatable bonds is 3. The SMILES string of the molecule is Cc1c(C)c2ccc(NC(=O)/C=C\c3ccc4c(c3)OCO4)cc2[nH]c1=O. The molecule has 1 aromatic heterocycles. The van der Waals surface area contributed by atoms with Crippen LogP contribution in [0.15, 0.2) is 47.3 Å². The molecule has 3 aromatic rings. The third-order valence-electron chi connectivity index (χ3n) is 4.67. The van der Waals surface area contributed by atoms with Crippen LogP contribution in [0.2, 0.25) is 0 Å². The molecule has 0 fully saturated rings. The maximum atomic E-state index is 12.2. The molecular weight excluding hydrogens is 344 g/mol. The van der Waals surface area contributed by atoms with Gasteiger partial charge in [-0.1, -0.05) is 12.1 Å². The van der Waals surface area contributed by atoms with Crippen molar-refractivity contribution in [2.24, 2.45) is 0 Å². The van der Waals surface area contributed by atoms with E-state index in [-0.39, 0.29) is 18.3 Å². The summed E-state index contributed by atoms with van der Waals surface area (Å²) in [6, 6.07) is 10.9. The van der Waals surface area contributed by atoms with E-state index >= 15 is 0 Å². The average molecular weight is 362 g/mol. The first-order valence-electron chi connectivity index (χ1n) is 8.53. The van der Waals surface area contributed by atoms with Gasteiger partial charge in [-0.15, -0.1) is 0 Å². The highest BCUT2D eigenvalue weighted by molar-refractivity contribution is 6.03. The predicted molar refractivity (Wildman–Crippen MR) is 104 cm³/mol. The summed E-state index contributed by atoms with van der Waals surface area (Å²) in [6.07, 6.45) is 3.15. The van der Waals surface area contributed by atoms with Crippen molar-refractivity contribution in [2.45, 2.75) is 13.8 Å². The minimum atomic E-state index is -0.266. The monoisotopic (exact) mass is 362 g/mol. The maximum Gasteiger partial charge on any atom is 0.251 e. The van der Waals surface area contributed by atoms with E-state index in [1.807, 2.05) is 37.3 Å². The number of pyridine rings is 1. The fraction of sp³-hybridized carbons (Fsp3) is 0.143. The molecule has 4 rings (SSSR count). The number of hydrogen-bond acceptors (Lipinski definition) is 4. The molecular formula is C21H18N2O4. The summed E-state index contributed by atoms with van der Waals surface area (Å²) in [5.74, 6) is 1.10. The molecule has 0 atom stereocenters. The third-order valence-corrected chi connectivity index (χ3v) is 4.67. The fourth-order valence-corrected chi connectivity index (χ4v) is 3.01. The van der Waals surface area contributed by atoms with Gasteiger partial charge in [-0.2, -0.15) is 0 Å². The second-order valence-electron chi connectivity index (χ2n) is 6.40. The Morgan fingerprint density at radius 1 is 1.07 bits per heavy atom. The molecule has 6 heteroatoms. The van der Waals surface area contributed by atoms with Gasteiger partial charge >= 0.3 is 0 Å². The van der Waals surface area contributed by atoms with E-state index < -0.39 is 0 Å². The van der Waals surface area contributed by atoms with Gasteiger partial charge in [0.15, 0.2) is 11.5 Å². The molecule has 1 aliphatic rings. The quantitative estimate of drug-likeness (QED) is 0.699. The van der Waals surface area contributed by atoms with Gasteiger partial charge in [0.05, 0.1) is 5.52 Å². The van der Waals surface area contributed by atoms with E-state index in [1.54, 1.807) is 19.1 Å². The van der Waals surface area contributed by atoms with Gasteiger partial charge < -0.3 is 19.8 Å². The zero-order valence-electron chi connectivity index (χ0n) is 15.0. The number of nitrogens with one attached hydrogen (secondary N) is 2. The first kappa shape index (κ1) is 16.9. The number of carbonyl (C=O) groups is 1. The number of aromatic amines is 1. The lowest BCUT2D eigenvalue weighted by Crippen LogP contribution is -2.12. The van der Waals surface area contributed by atoms with E-state index in [4.69, 9.17) is 9.47 Å². The predicted octanol–water partition coefficient (Wildman–Crippen LogP) is 3.53. The lowest BCUT2D eigenvalue weighted by atomic mass is 10.1. The van der Waals surface area contributed by atoms with Crippen molar-refractivity contribution in [3.8, 4) is 11.5 Å². The van der Waals surface area contributed by atoms with Crippen LogP contribution in [0.4, 0.5) is 5.69 Å². The van der Waals surface area contributed by atoms with Gasteiger partial charge in [-0.3, -0.25) is 9.59 Å². The van der Waals surface area contributed by atoms with E-state index in [2.05, 4.69) is 10.3 Å². The summed E-state index contributed by atoms with van der Waals surface area (Å²) >= 11 is 0. The van der Waals surface area contributed by atoms with Gasteiger partial charge in [0.25, 0.3) is 5.56 Å². The van der Waals surface area contributed by atoms with Crippen molar-refractivity contribution < 1.29 is 14.3 Å². The van der Waals surface area contributed by atoms with Crippen LogP contribution >= 0.6 is 0 Å². The largest absolute Gasteiger partial charge is 0.454 e. The van der Waals surface area contributed by atoms with E-state index in [0.717, 1.165) is 16.5 Å². The topological polar surface area (TPSA) is 80.4 Å². The van der Waals surface area contributed by atoms with Crippen molar-refractivity contribution in [1.29, 1.82) is 0 Å². The van der Waals surface area contributed by atoms with Crippen molar-refractivity contribution in [3.63, 3.8) is 0 Å². The number of amides is 1. The molecule has 0 saturated heterocycles. The van der Waals surface area contributed by atoms with E-state index in [9.17, 15) is 9.59 Å². The molecule has 0 aliphatic carbocycles. The Morgan fingerprint density at radius 2 is 1.89 bits per heavy atom. The molecule has 1 amide bonds. The highest BCUT2D eigenvalue weighted by Crippen LogP contribution is 2.32. The molecule has 136 valence electrons. The van der Waals surface area contributed by atoms with Crippen LogP contribution in [0, 0.1) is 13.8 Å². The summed E-state index contributed by atoms with van der Waals surface area (Å²) in [6.45, 7) is 3.93. The molecule has 0 unspecified atom stereocenters. The lowest BCUT2D eigenvalue weighted by Gasteiger charge is -2.08. The molecule has 0 radical (unpaired) electrons. The second kappa shape index (κ2) is 6.64. The maximum absolute atomic E-state index is 12.2. The van der Waals surface area contributed by atoms with Crippen LogP contribution in [-0.4, -0.2) is 17.7 Å². The molecule has 0 spiro atoms. The average Bonchev–Trinajstić information content (AvgIpc) is 3.12. The highest BCUT2D eigenvalue weighted by Gasteiger charge is 2.12. The number of benzene rings is 2. The molecule has 2 N–H and O–H groups in total. The molecule has 0 saturated carbocycles. The molecule has 2 heterocycles. The Kier molecular flexibility index (Phi) is 4.16. The minimum absolute atomic E-state index is 0.119. The second-order valence-corrected chi connectivity index (χ2v) is 6.40. The smallest absolute Gasteiger partial charge is 0.251 e. The highest BCUT2D eigenvalue weighted by atomic mass is 16.7. The summed E-state index contributed by atoms with van der Waals surface area (Å²) in [4.78, 5) is 27.0. The van der Waals surface area contributed by atoms with Crippen molar-refractivity contribution in [3.05, 3.63) is 69.5 Å². The number of carbonyl (C=O) groups excluding carboxylic acids is 1. The van der Waals surface area contributed by atoms with Crippen LogP contribution in [0.5, 0.6) is 11.5 Å².